The molecule has 7 heavy (non-hydrogen) atoms. The molecule has 1 nitrogen and oxygen atoms in total. The topological polar surface area (TPSA) is 20.2 Å². The maximum Gasteiger partial charge on any atom is 0.137 e. The fourth-order valence-corrected chi connectivity index (χ4v) is 0.670. The molecule has 0 heterocycles. The van der Waals surface area contributed by atoms with E-state index in [1.54, 1.807) is 6.92 Å². The van der Waals surface area contributed by atoms with Gasteiger partial charge in [0.25, 0.3) is 0 Å². The van der Waals surface area contributed by atoms with Crippen molar-refractivity contribution in [2.75, 3.05) is 6.61 Å². The normalized spacial score (nSPS) is 49.3. The SMILES string of the molecule is C[C@@H]1C[C@@]1(F)CO. The summed E-state index contributed by atoms with van der Waals surface area (Å²) in [6, 6.07) is 0. The van der Waals surface area contributed by atoms with Gasteiger partial charge in [0.15, 0.2) is 0 Å². The van der Waals surface area contributed by atoms with E-state index in [1.807, 2.05) is 0 Å². The molecular weight excluding hydrogens is 95.1 g/mol. The van der Waals surface area contributed by atoms with Gasteiger partial charge in [-0.25, -0.2) is 4.39 Å². The van der Waals surface area contributed by atoms with Gasteiger partial charge in [-0.15, -0.1) is 0 Å². The van der Waals surface area contributed by atoms with Gasteiger partial charge in [0, 0.05) is 0 Å². The number of rotatable bonds is 1. The fraction of sp³-hybridized carbons (Fsp3) is 1.00. The van der Waals surface area contributed by atoms with Gasteiger partial charge in [-0.1, -0.05) is 6.92 Å². The first-order valence-corrected chi connectivity index (χ1v) is 2.49. The molecule has 1 aliphatic rings. The Morgan fingerprint density at radius 3 is 2.43 bits per heavy atom. The Labute approximate surface area is 42.2 Å². The number of hydrogen-bond donors (Lipinski definition) is 1. The van der Waals surface area contributed by atoms with E-state index in [9.17, 15) is 4.39 Å². The van der Waals surface area contributed by atoms with E-state index >= 15 is 0 Å². The monoisotopic (exact) mass is 104 g/mol. The fourth-order valence-electron chi connectivity index (χ4n) is 0.670. The van der Waals surface area contributed by atoms with E-state index in [1.165, 1.54) is 0 Å². The highest BCUT2D eigenvalue weighted by atomic mass is 19.1. The maximum atomic E-state index is 12.4. The average molecular weight is 104 g/mol. The van der Waals surface area contributed by atoms with Crippen molar-refractivity contribution >= 4 is 0 Å². The van der Waals surface area contributed by atoms with Crippen LogP contribution < -0.4 is 0 Å². The molecular formula is C5H9FO. The van der Waals surface area contributed by atoms with E-state index in [0.29, 0.717) is 6.42 Å². The molecule has 0 spiro atoms. The van der Waals surface area contributed by atoms with Crippen LogP contribution in [0.25, 0.3) is 0 Å². The van der Waals surface area contributed by atoms with Crippen molar-refractivity contribution in [3.8, 4) is 0 Å². The molecule has 0 aromatic carbocycles. The Kier molecular flexibility index (Phi) is 0.854. The second-order valence-electron chi connectivity index (χ2n) is 2.30. The van der Waals surface area contributed by atoms with Crippen molar-refractivity contribution in [1.29, 1.82) is 0 Å². The third-order valence-electron chi connectivity index (χ3n) is 1.63. The van der Waals surface area contributed by atoms with Gasteiger partial charge in [0.05, 0.1) is 6.61 Å². The number of aliphatic hydroxyl groups excluding tert-OH is 1. The van der Waals surface area contributed by atoms with Crippen LogP contribution in [0.3, 0.4) is 0 Å². The zero-order chi connectivity index (χ0) is 5.49. The molecule has 0 aromatic rings. The first-order valence-electron chi connectivity index (χ1n) is 2.49. The van der Waals surface area contributed by atoms with Crippen LogP contribution in [0.4, 0.5) is 4.39 Å². The zero-order valence-corrected chi connectivity index (χ0v) is 4.32. The molecule has 1 rings (SSSR count). The van der Waals surface area contributed by atoms with Crippen molar-refractivity contribution in [2.24, 2.45) is 5.92 Å². The minimum Gasteiger partial charge on any atom is -0.393 e. The first kappa shape index (κ1) is 5.04. The molecule has 0 aliphatic heterocycles. The van der Waals surface area contributed by atoms with E-state index in [-0.39, 0.29) is 12.5 Å². The molecule has 1 N–H and O–H groups in total. The Hall–Kier alpha value is -0.110. The van der Waals surface area contributed by atoms with Crippen LogP contribution in [-0.2, 0) is 0 Å². The second kappa shape index (κ2) is 1.19. The third-order valence-corrected chi connectivity index (χ3v) is 1.63. The smallest absolute Gasteiger partial charge is 0.137 e. The highest BCUT2D eigenvalue weighted by molar-refractivity contribution is 5.00. The lowest BCUT2D eigenvalue weighted by Gasteiger charge is -1.95. The lowest BCUT2D eigenvalue weighted by Crippen LogP contribution is -2.07. The van der Waals surface area contributed by atoms with E-state index in [0.717, 1.165) is 0 Å². The van der Waals surface area contributed by atoms with Gasteiger partial charge < -0.3 is 5.11 Å². The summed E-state index contributed by atoms with van der Waals surface area (Å²) in [6.45, 7) is 1.50. The molecule has 0 unspecified atom stereocenters. The second-order valence-corrected chi connectivity index (χ2v) is 2.30. The molecule has 0 saturated heterocycles. The van der Waals surface area contributed by atoms with Crippen LogP contribution in [0.5, 0.6) is 0 Å². The Balaban J connectivity index is 2.36. The lowest BCUT2D eigenvalue weighted by molar-refractivity contribution is 0.148. The minimum absolute atomic E-state index is 0.0949. The third kappa shape index (κ3) is 0.630. The van der Waals surface area contributed by atoms with Crippen molar-refractivity contribution in [1.82, 2.24) is 0 Å². The molecule has 1 fully saturated rings. The highest BCUT2D eigenvalue weighted by Crippen LogP contribution is 2.45. The van der Waals surface area contributed by atoms with E-state index in [2.05, 4.69) is 0 Å². The molecule has 1 saturated carbocycles. The van der Waals surface area contributed by atoms with Crippen LogP contribution >= 0.6 is 0 Å². The largest absolute Gasteiger partial charge is 0.393 e. The lowest BCUT2D eigenvalue weighted by atomic mass is 10.3. The summed E-state index contributed by atoms with van der Waals surface area (Å²) in [5, 5.41) is 8.26. The molecule has 0 amide bonds. The molecule has 0 bridgehead atoms. The summed E-state index contributed by atoms with van der Waals surface area (Å²) < 4.78 is 12.4. The van der Waals surface area contributed by atoms with Crippen LogP contribution in [-0.4, -0.2) is 17.4 Å². The van der Waals surface area contributed by atoms with E-state index < -0.39 is 5.67 Å². The van der Waals surface area contributed by atoms with Crippen LogP contribution in [0.1, 0.15) is 13.3 Å². The Morgan fingerprint density at radius 1 is 2.00 bits per heavy atom. The predicted octanol–water partition coefficient (Wildman–Crippen LogP) is 0.727. The van der Waals surface area contributed by atoms with Crippen molar-refractivity contribution in [2.45, 2.75) is 19.0 Å². The Bertz CT molecular complexity index is 80.1. The van der Waals surface area contributed by atoms with Crippen molar-refractivity contribution in [3.63, 3.8) is 0 Å². The van der Waals surface area contributed by atoms with Crippen LogP contribution in [0.15, 0.2) is 0 Å². The predicted molar refractivity (Wildman–Crippen MR) is 24.7 cm³/mol. The number of alkyl halides is 1. The molecule has 42 valence electrons. The van der Waals surface area contributed by atoms with Crippen molar-refractivity contribution < 1.29 is 9.50 Å². The summed E-state index contributed by atoms with van der Waals surface area (Å²) in [4.78, 5) is 0. The highest BCUT2D eigenvalue weighted by Gasteiger charge is 2.51. The van der Waals surface area contributed by atoms with Crippen LogP contribution in [0.2, 0.25) is 0 Å². The summed E-state index contributed by atoms with van der Waals surface area (Å²) in [5.74, 6) is 0.0949. The zero-order valence-electron chi connectivity index (χ0n) is 4.32. The molecule has 0 aromatic heterocycles. The standard InChI is InChI=1S/C5H9FO/c1-4-2-5(4,6)3-7/h4,7H,2-3H2,1H3/t4-,5-/m1/s1. The van der Waals surface area contributed by atoms with Gasteiger partial charge in [0.2, 0.25) is 0 Å². The Morgan fingerprint density at radius 2 is 2.43 bits per heavy atom. The van der Waals surface area contributed by atoms with Crippen LogP contribution in [0, 0.1) is 5.92 Å². The average Bonchev–Trinajstić information content (AvgIpc) is 2.18. The number of hydrogen-bond acceptors (Lipinski definition) is 1. The maximum absolute atomic E-state index is 12.4. The molecule has 2 atom stereocenters. The quantitative estimate of drug-likeness (QED) is 0.520. The number of aliphatic hydroxyl groups is 1. The summed E-state index contributed by atoms with van der Waals surface area (Å²) >= 11 is 0. The minimum atomic E-state index is -1.19. The van der Waals surface area contributed by atoms with Gasteiger partial charge in [-0.05, 0) is 12.3 Å². The number of halogens is 1. The molecule has 2 heteroatoms. The molecule has 1 aliphatic carbocycles. The molecule has 0 radical (unpaired) electrons. The first-order chi connectivity index (χ1) is 3.19. The van der Waals surface area contributed by atoms with Gasteiger partial charge in [0.1, 0.15) is 5.67 Å². The summed E-state index contributed by atoms with van der Waals surface area (Å²) in [5.41, 5.74) is -1.19. The van der Waals surface area contributed by atoms with E-state index in [4.69, 9.17) is 5.11 Å². The van der Waals surface area contributed by atoms with Gasteiger partial charge in [-0.3, -0.25) is 0 Å². The van der Waals surface area contributed by atoms with Crippen molar-refractivity contribution in [3.05, 3.63) is 0 Å². The van der Waals surface area contributed by atoms with Gasteiger partial charge >= 0.3 is 0 Å². The summed E-state index contributed by atoms with van der Waals surface area (Å²) in [6.07, 6.45) is 0.545. The summed E-state index contributed by atoms with van der Waals surface area (Å²) in [7, 11) is 0. The van der Waals surface area contributed by atoms with Gasteiger partial charge in [-0.2, -0.15) is 0 Å².